The molecule has 4 rings (SSSR count). The largest absolute Gasteiger partial charge is 0.493 e. The van der Waals surface area contributed by atoms with E-state index in [9.17, 15) is 13.2 Å². The third kappa shape index (κ3) is 8.49. The van der Waals surface area contributed by atoms with Crippen LogP contribution in [0.1, 0.15) is 69.4 Å². The summed E-state index contributed by atoms with van der Waals surface area (Å²) in [5, 5.41) is 1.13. The van der Waals surface area contributed by atoms with E-state index in [1.165, 1.54) is 10.7 Å². The standard InChI is InChI=1S/C32H45N3O5S/c1-4-5-6-7-8-11-20-41(37,38)35(27-15-16-27)24-32(36)34(23-25-14-17-30(39-2)31(21-25)40-3)19-18-26-22-33-29-13-10-9-12-28(26)29/h9-10,12-14,17,21-22,27,33H,4-8,11,15-16,18-20,23-24H2,1-3H3. The maximum Gasteiger partial charge on any atom is 0.238 e. The molecular weight excluding hydrogens is 538 g/mol. The quantitative estimate of drug-likeness (QED) is 0.188. The molecule has 0 unspecified atom stereocenters. The van der Waals surface area contributed by atoms with Gasteiger partial charge in [-0.05, 0) is 55.0 Å². The average molecular weight is 584 g/mol. The van der Waals surface area contributed by atoms with Crippen molar-refractivity contribution in [1.82, 2.24) is 14.2 Å². The SMILES string of the molecule is CCCCCCCCS(=O)(=O)N(CC(=O)N(CCc1c[nH]c2ccccc12)Cc1ccc(OC)c(OC)c1)C1CC1. The number of para-hydroxylation sites is 1. The molecule has 9 heteroatoms. The number of carbonyl (C=O) groups is 1. The Bertz CT molecular complexity index is 1380. The zero-order valence-electron chi connectivity index (χ0n) is 24.7. The number of benzene rings is 2. The lowest BCUT2D eigenvalue weighted by atomic mass is 10.1. The van der Waals surface area contributed by atoms with Crippen molar-refractivity contribution < 1.29 is 22.7 Å². The van der Waals surface area contributed by atoms with Crippen molar-refractivity contribution in [3.8, 4) is 11.5 Å². The van der Waals surface area contributed by atoms with Crippen molar-refractivity contribution in [2.75, 3.05) is 33.1 Å². The van der Waals surface area contributed by atoms with Crippen molar-refractivity contribution in [2.45, 2.75) is 77.3 Å². The van der Waals surface area contributed by atoms with Gasteiger partial charge in [-0.25, -0.2) is 8.42 Å². The lowest BCUT2D eigenvalue weighted by molar-refractivity contribution is -0.132. The van der Waals surface area contributed by atoms with Crippen molar-refractivity contribution in [2.24, 2.45) is 0 Å². The molecule has 0 atom stereocenters. The zero-order chi connectivity index (χ0) is 29.2. The van der Waals surface area contributed by atoms with Gasteiger partial charge in [0.2, 0.25) is 15.9 Å². The first kappa shape index (κ1) is 30.9. The van der Waals surface area contributed by atoms with Gasteiger partial charge in [-0.2, -0.15) is 4.31 Å². The first-order chi connectivity index (χ1) is 19.9. The Balaban J connectivity index is 1.49. The van der Waals surface area contributed by atoms with Gasteiger partial charge in [0.1, 0.15) is 0 Å². The van der Waals surface area contributed by atoms with E-state index in [1.54, 1.807) is 19.1 Å². The molecule has 224 valence electrons. The smallest absolute Gasteiger partial charge is 0.238 e. The Morgan fingerprint density at radius 1 is 0.976 bits per heavy atom. The van der Waals surface area contributed by atoms with Crippen LogP contribution < -0.4 is 9.47 Å². The molecule has 1 saturated carbocycles. The third-order valence-electron chi connectivity index (χ3n) is 7.86. The van der Waals surface area contributed by atoms with E-state index >= 15 is 0 Å². The highest BCUT2D eigenvalue weighted by molar-refractivity contribution is 7.89. The number of unbranched alkanes of at least 4 members (excludes halogenated alkanes) is 5. The van der Waals surface area contributed by atoms with E-state index in [4.69, 9.17) is 9.47 Å². The Morgan fingerprint density at radius 3 is 2.44 bits per heavy atom. The molecule has 3 aromatic rings. The van der Waals surface area contributed by atoms with Crippen molar-refractivity contribution in [3.05, 3.63) is 59.8 Å². The predicted molar refractivity (Wildman–Crippen MR) is 164 cm³/mol. The zero-order valence-corrected chi connectivity index (χ0v) is 25.5. The number of rotatable bonds is 18. The molecule has 1 aliphatic rings. The Labute approximate surface area is 245 Å². The van der Waals surface area contributed by atoms with Crippen molar-refractivity contribution in [1.29, 1.82) is 0 Å². The topological polar surface area (TPSA) is 91.9 Å². The van der Waals surface area contributed by atoms with Crippen LogP contribution in [0.3, 0.4) is 0 Å². The number of hydrogen-bond donors (Lipinski definition) is 1. The molecule has 1 heterocycles. The highest BCUT2D eigenvalue weighted by Crippen LogP contribution is 2.31. The first-order valence-corrected chi connectivity index (χ1v) is 16.5. The monoisotopic (exact) mass is 583 g/mol. The molecule has 1 aromatic heterocycles. The summed E-state index contributed by atoms with van der Waals surface area (Å²) in [4.78, 5) is 18.9. The average Bonchev–Trinajstić information content (AvgIpc) is 3.74. The molecule has 0 aliphatic heterocycles. The van der Waals surface area contributed by atoms with E-state index in [1.807, 2.05) is 42.6 Å². The minimum atomic E-state index is -3.52. The molecule has 1 fully saturated rings. The summed E-state index contributed by atoms with van der Waals surface area (Å²) in [7, 11) is -0.339. The normalized spacial score (nSPS) is 13.6. The van der Waals surface area contributed by atoms with E-state index in [0.717, 1.165) is 60.6 Å². The van der Waals surface area contributed by atoms with Crippen LogP contribution in [-0.4, -0.2) is 67.6 Å². The van der Waals surface area contributed by atoms with Crippen LogP contribution in [0.25, 0.3) is 10.9 Å². The summed E-state index contributed by atoms with van der Waals surface area (Å²) in [5.41, 5.74) is 3.07. The molecule has 1 aliphatic carbocycles. The first-order valence-electron chi connectivity index (χ1n) is 14.9. The summed E-state index contributed by atoms with van der Waals surface area (Å²) in [6, 6.07) is 13.7. The maximum atomic E-state index is 13.8. The number of H-pyrrole nitrogens is 1. The fourth-order valence-electron chi connectivity index (χ4n) is 5.32. The van der Waals surface area contributed by atoms with Gasteiger partial charge in [0.05, 0.1) is 26.5 Å². The fourth-order valence-corrected chi connectivity index (χ4v) is 7.09. The Hall–Kier alpha value is -3.04. The van der Waals surface area contributed by atoms with Gasteiger partial charge in [-0.3, -0.25) is 4.79 Å². The number of aromatic amines is 1. The van der Waals surface area contributed by atoms with Gasteiger partial charge < -0.3 is 19.4 Å². The minimum Gasteiger partial charge on any atom is -0.493 e. The second kappa shape index (κ2) is 14.7. The van der Waals surface area contributed by atoms with Gasteiger partial charge >= 0.3 is 0 Å². The number of aromatic nitrogens is 1. The number of carbonyl (C=O) groups excluding carboxylic acids is 1. The molecule has 1 amide bonds. The minimum absolute atomic E-state index is 0.0689. The van der Waals surface area contributed by atoms with E-state index < -0.39 is 10.0 Å². The van der Waals surface area contributed by atoms with Crippen LogP contribution in [-0.2, 0) is 27.8 Å². The number of nitrogens with zero attached hydrogens (tertiary/aromatic N) is 2. The summed E-state index contributed by atoms with van der Waals surface area (Å²) in [6.45, 7) is 2.86. The number of nitrogens with one attached hydrogen (secondary N) is 1. The van der Waals surface area contributed by atoms with E-state index in [-0.39, 0.29) is 24.2 Å². The number of ether oxygens (including phenoxy) is 2. The summed E-state index contributed by atoms with van der Waals surface area (Å²) >= 11 is 0. The molecule has 8 nitrogen and oxygen atoms in total. The van der Waals surface area contributed by atoms with Crippen molar-refractivity contribution >= 4 is 26.8 Å². The molecule has 0 spiro atoms. The van der Waals surface area contributed by atoms with E-state index in [0.29, 0.717) is 37.4 Å². The number of methoxy groups -OCH3 is 2. The highest BCUT2D eigenvalue weighted by atomic mass is 32.2. The maximum absolute atomic E-state index is 13.8. The molecular formula is C32H45N3O5S. The van der Waals surface area contributed by atoms with Crippen LogP contribution in [0.15, 0.2) is 48.7 Å². The van der Waals surface area contributed by atoms with Crippen LogP contribution >= 0.6 is 0 Å². The molecule has 0 radical (unpaired) electrons. The fraction of sp³-hybridized carbons (Fsp3) is 0.531. The van der Waals surface area contributed by atoms with Crippen LogP contribution in [0, 0.1) is 0 Å². The van der Waals surface area contributed by atoms with Gasteiger partial charge in [0.15, 0.2) is 11.5 Å². The van der Waals surface area contributed by atoms with Gasteiger partial charge in [0.25, 0.3) is 0 Å². The van der Waals surface area contributed by atoms with Crippen LogP contribution in [0.2, 0.25) is 0 Å². The molecule has 2 aromatic carbocycles. The summed E-state index contributed by atoms with van der Waals surface area (Å²) in [6.07, 6.45) is 10.4. The molecule has 41 heavy (non-hydrogen) atoms. The number of fused-ring (bicyclic) bond motifs is 1. The molecule has 0 saturated heterocycles. The summed E-state index contributed by atoms with van der Waals surface area (Å²) < 4.78 is 39.1. The van der Waals surface area contributed by atoms with Crippen molar-refractivity contribution in [3.63, 3.8) is 0 Å². The van der Waals surface area contributed by atoms with Crippen LogP contribution in [0.4, 0.5) is 0 Å². The van der Waals surface area contributed by atoms with Gasteiger partial charge in [0, 0.05) is 36.2 Å². The lowest BCUT2D eigenvalue weighted by Crippen LogP contribution is -2.45. The Kier molecular flexibility index (Phi) is 11.1. The highest BCUT2D eigenvalue weighted by Gasteiger charge is 2.38. The van der Waals surface area contributed by atoms with Gasteiger partial charge in [-0.15, -0.1) is 0 Å². The van der Waals surface area contributed by atoms with Crippen LogP contribution in [0.5, 0.6) is 11.5 Å². The molecule has 0 bridgehead atoms. The second-order valence-electron chi connectivity index (χ2n) is 11.0. The molecule has 1 N–H and O–H groups in total. The number of amides is 1. The Morgan fingerprint density at radius 2 is 1.71 bits per heavy atom. The second-order valence-corrected chi connectivity index (χ2v) is 13.0. The summed E-state index contributed by atoms with van der Waals surface area (Å²) in [5.74, 6) is 1.13. The number of sulfonamides is 1. The van der Waals surface area contributed by atoms with Gasteiger partial charge in [-0.1, -0.05) is 63.3 Å². The number of hydrogen-bond acceptors (Lipinski definition) is 5. The lowest BCUT2D eigenvalue weighted by Gasteiger charge is -2.28. The third-order valence-corrected chi connectivity index (χ3v) is 9.80. The predicted octanol–water partition coefficient (Wildman–Crippen LogP) is 5.91. The van der Waals surface area contributed by atoms with E-state index in [2.05, 4.69) is 18.0 Å².